The fourth-order valence-electron chi connectivity index (χ4n) is 4.24. The minimum Gasteiger partial charge on any atom is -0.496 e. The van der Waals surface area contributed by atoms with E-state index in [1.807, 2.05) is 30.3 Å². The smallest absolute Gasteiger partial charge is 0.339 e. The van der Waals surface area contributed by atoms with Crippen molar-refractivity contribution in [2.24, 2.45) is 5.92 Å². The first kappa shape index (κ1) is 21.7. The van der Waals surface area contributed by atoms with E-state index < -0.39 is 12.1 Å². The number of pyridine rings is 1. The molecule has 34 heavy (non-hydrogen) atoms. The number of aliphatic hydroxyl groups excluding tert-OH is 1. The van der Waals surface area contributed by atoms with Gasteiger partial charge in [-0.05, 0) is 54.4 Å². The zero-order valence-corrected chi connectivity index (χ0v) is 18.5. The zero-order valence-electron chi connectivity index (χ0n) is 18.5. The summed E-state index contributed by atoms with van der Waals surface area (Å²) in [5, 5.41) is 21.6. The van der Waals surface area contributed by atoms with Crippen LogP contribution >= 0.6 is 0 Å². The minimum absolute atomic E-state index is 0.0881. The van der Waals surface area contributed by atoms with Crippen LogP contribution in [0.2, 0.25) is 0 Å². The van der Waals surface area contributed by atoms with Crippen molar-refractivity contribution in [3.05, 3.63) is 89.5 Å². The number of aromatic carboxylic acids is 1. The summed E-state index contributed by atoms with van der Waals surface area (Å²) in [6.07, 6.45) is -0.352. The number of carboxylic acid groups (broad SMARTS) is 1. The molecule has 1 aliphatic rings. The van der Waals surface area contributed by atoms with E-state index in [-0.39, 0.29) is 11.5 Å². The van der Waals surface area contributed by atoms with Crippen molar-refractivity contribution in [3.63, 3.8) is 0 Å². The van der Waals surface area contributed by atoms with Crippen LogP contribution in [-0.4, -0.2) is 34.9 Å². The highest BCUT2D eigenvalue weighted by Gasteiger charge is 2.30. The maximum Gasteiger partial charge on any atom is 0.339 e. The summed E-state index contributed by atoms with van der Waals surface area (Å²) in [4.78, 5) is 16.1. The van der Waals surface area contributed by atoms with Crippen molar-refractivity contribution in [2.45, 2.75) is 12.5 Å². The fraction of sp³-hybridized carbons (Fsp3) is 0.185. The van der Waals surface area contributed by atoms with Crippen LogP contribution in [0.4, 0.5) is 0 Å². The fourth-order valence-corrected chi connectivity index (χ4v) is 4.24. The number of benzene rings is 3. The molecule has 0 spiro atoms. The van der Waals surface area contributed by atoms with E-state index in [0.29, 0.717) is 41.7 Å². The SMILES string of the molecule is COc1ccc(C[C@H]2COc3ccc(Oc4ccc5ccccc5n4)cc3[C@H]2O)cc1C(=O)O. The lowest BCUT2D eigenvalue weighted by Crippen LogP contribution is -2.27. The number of ether oxygens (including phenoxy) is 3. The molecular formula is C27H23NO6. The molecule has 1 aromatic heterocycles. The minimum atomic E-state index is -1.06. The Balaban J connectivity index is 1.36. The Morgan fingerprint density at radius 2 is 1.94 bits per heavy atom. The van der Waals surface area contributed by atoms with Crippen molar-refractivity contribution in [3.8, 4) is 23.1 Å². The largest absolute Gasteiger partial charge is 0.496 e. The normalized spacial score (nSPS) is 17.0. The molecule has 0 saturated heterocycles. The molecule has 1 aliphatic heterocycles. The number of nitrogens with zero attached hydrogens (tertiary/aromatic N) is 1. The number of para-hydroxylation sites is 1. The van der Waals surface area contributed by atoms with Crippen LogP contribution in [0.1, 0.15) is 27.6 Å². The molecule has 7 heteroatoms. The summed E-state index contributed by atoms with van der Waals surface area (Å²) in [5.74, 6) is 0.586. The number of rotatable bonds is 6. The maximum absolute atomic E-state index is 11.5. The third kappa shape index (κ3) is 4.25. The summed E-state index contributed by atoms with van der Waals surface area (Å²) in [6, 6.07) is 21.9. The molecule has 7 nitrogen and oxygen atoms in total. The van der Waals surface area contributed by atoms with Gasteiger partial charge in [0, 0.05) is 22.9 Å². The molecule has 3 aromatic carbocycles. The van der Waals surface area contributed by atoms with E-state index in [9.17, 15) is 15.0 Å². The second-order valence-corrected chi connectivity index (χ2v) is 8.20. The van der Waals surface area contributed by atoms with Crippen LogP contribution < -0.4 is 14.2 Å². The third-order valence-electron chi connectivity index (χ3n) is 5.99. The average molecular weight is 457 g/mol. The van der Waals surface area contributed by atoms with Crippen LogP contribution in [0.5, 0.6) is 23.1 Å². The third-order valence-corrected chi connectivity index (χ3v) is 5.99. The van der Waals surface area contributed by atoms with Crippen LogP contribution in [0, 0.1) is 5.92 Å². The van der Waals surface area contributed by atoms with Crippen molar-refractivity contribution >= 4 is 16.9 Å². The summed E-state index contributed by atoms with van der Waals surface area (Å²) >= 11 is 0. The topological polar surface area (TPSA) is 98.1 Å². The van der Waals surface area contributed by atoms with Gasteiger partial charge in [0.15, 0.2) is 0 Å². The van der Waals surface area contributed by atoms with Crippen molar-refractivity contribution in [1.82, 2.24) is 4.98 Å². The number of aliphatic hydroxyl groups is 1. The Morgan fingerprint density at radius 1 is 1.09 bits per heavy atom. The molecule has 172 valence electrons. The molecular weight excluding hydrogens is 434 g/mol. The van der Waals surface area contributed by atoms with Gasteiger partial charge in [-0.15, -0.1) is 0 Å². The van der Waals surface area contributed by atoms with Gasteiger partial charge in [0.2, 0.25) is 5.88 Å². The second kappa shape index (κ2) is 9.03. The van der Waals surface area contributed by atoms with E-state index in [2.05, 4.69) is 4.98 Å². The molecule has 0 fully saturated rings. The highest BCUT2D eigenvalue weighted by atomic mass is 16.5. The molecule has 2 N–H and O–H groups in total. The van der Waals surface area contributed by atoms with E-state index in [4.69, 9.17) is 14.2 Å². The Morgan fingerprint density at radius 3 is 2.76 bits per heavy atom. The zero-order chi connectivity index (χ0) is 23.7. The molecule has 0 aliphatic carbocycles. The summed E-state index contributed by atoms with van der Waals surface area (Å²) in [5.41, 5.74) is 2.33. The van der Waals surface area contributed by atoms with Crippen molar-refractivity contribution in [2.75, 3.05) is 13.7 Å². The van der Waals surface area contributed by atoms with E-state index in [1.54, 1.807) is 42.5 Å². The quantitative estimate of drug-likeness (QED) is 0.420. The van der Waals surface area contributed by atoms with Crippen LogP contribution in [0.15, 0.2) is 72.8 Å². The van der Waals surface area contributed by atoms with E-state index in [1.165, 1.54) is 7.11 Å². The summed E-state index contributed by atoms with van der Waals surface area (Å²) in [7, 11) is 1.43. The van der Waals surface area contributed by atoms with Crippen molar-refractivity contribution in [1.29, 1.82) is 0 Å². The van der Waals surface area contributed by atoms with Gasteiger partial charge in [-0.25, -0.2) is 9.78 Å². The Kier molecular flexibility index (Phi) is 5.77. The average Bonchev–Trinajstić information content (AvgIpc) is 2.86. The summed E-state index contributed by atoms with van der Waals surface area (Å²) < 4.78 is 17.0. The predicted octanol–water partition coefficient (Wildman–Crippen LogP) is 5.02. The Labute approximate surface area is 196 Å². The van der Waals surface area contributed by atoms with Crippen molar-refractivity contribution < 1.29 is 29.2 Å². The van der Waals surface area contributed by atoms with Gasteiger partial charge in [-0.1, -0.05) is 24.3 Å². The molecule has 0 bridgehead atoms. The summed E-state index contributed by atoms with van der Waals surface area (Å²) in [6.45, 7) is 0.315. The monoisotopic (exact) mass is 457 g/mol. The molecule has 0 saturated carbocycles. The number of hydrogen-bond donors (Lipinski definition) is 2. The molecule has 5 rings (SSSR count). The molecule has 0 unspecified atom stereocenters. The standard InChI is InChI=1S/C27H23NO6/c1-32-23-9-6-16(13-21(23)27(30)31)12-18-15-33-24-10-8-19(14-20(24)26(18)29)34-25-11-7-17-4-2-3-5-22(17)28-25/h2-11,13-14,18,26,29H,12,15H2,1H3,(H,30,31)/t18-,26-/m0/s1. The van der Waals surface area contributed by atoms with Crippen LogP contribution in [0.25, 0.3) is 10.9 Å². The van der Waals surface area contributed by atoms with Gasteiger partial charge < -0.3 is 24.4 Å². The number of carboxylic acids is 1. The number of carbonyl (C=O) groups is 1. The van der Waals surface area contributed by atoms with Gasteiger partial charge in [0.25, 0.3) is 0 Å². The maximum atomic E-state index is 11.5. The van der Waals surface area contributed by atoms with E-state index in [0.717, 1.165) is 16.5 Å². The van der Waals surface area contributed by atoms with Gasteiger partial charge in [0.1, 0.15) is 22.8 Å². The lowest BCUT2D eigenvalue weighted by atomic mass is 9.87. The van der Waals surface area contributed by atoms with E-state index >= 15 is 0 Å². The first-order chi connectivity index (χ1) is 16.5. The molecule has 0 amide bonds. The molecule has 4 aromatic rings. The lowest BCUT2D eigenvalue weighted by molar-refractivity contribution is 0.0506. The van der Waals surface area contributed by atoms with Gasteiger partial charge in [-0.2, -0.15) is 0 Å². The first-order valence-corrected chi connectivity index (χ1v) is 10.9. The number of fused-ring (bicyclic) bond motifs is 2. The predicted molar refractivity (Wildman–Crippen MR) is 126 cm³/mol. The lowest BCUT2D eigenvalue weighted by Gasteiger charge is -2.30. The molecule has 0 radical (unpaired) electrons. The number of methoxy groups -OCH3 is 1. The Hall–Kier alpha value is -4.10. The van der Waals surface area contributed by atoms with Gasteiger partial charge in [-0.3, -0.25) is 0 Å². The molecule has 2 atom stereocenters. The van der Waals surface area contributed by atoms with Crippen LogP contribution in [0.3, 0.4) is 0 Å². The molecule has 2 heterocycles. The number of aromatic nitrogens is 1. The second-order valence-electron chi connectivity index (χ2n) is 8.20. The Bertz CT molecular complexity index is 1370. The number of hydrogen-bond acceptors (Lipinski definition) is 6. The van der Waals surface area contributed by atoms with Gasteiger partial charge in [0.05, 0.1) is 25.3 Å². The highest BCUT2D eigenvalue weighted by Crippen LogP contribution is 2.40. The van der Waals surface area contributed by atoms with Gasteiger partial charge >= 0.3 is 5.97 Å². The first-order valence-electron chi connectivity index (χ1n) is 10.9. The highest BCUT2D eigenvalue weighted by molar-refractivity contribution is 5.91. The van der Waals surface area contributed by atoms with Crippen LogP contribution in [-0.2, 0) is 6.42 Å².